The zero-order valence-corrected chi connectivity index (χ0v) is 13.9. The number of carbonyl (C=O) groups excluding carboxylic acids is 1. The molecule has 0 spiro atoms. The highest BCUT2D eigenvalue weighted by Crippen LogP contribution is 2.19. The standard InChI is InChI=1S/C15H19FN4O2.ClH/c1-8(9(2)17)14(21)18-10(3)15-19-13(20-22-15)11-5-4-6-12(16)7-11;/h4-10H,17H2,1-3H3,(H,18,21);1H. The number of hydrogen-bond acceptors (Lipinski definition) is 5. The first-order chi connectivity index (χ1) is 10.4. The topological polar surface area (TPSA) is 94.0 Å². The number of halogens is 2. The average Bonchev–Trinajstić information content (AvgIpc) is 2.96. The summed E-state index contributed by atoms with van der Waals surface area (Å²) in [5.41, 5.74) is 6.21. The van der Waals surface area contributed by atoms with E-state index in [0.717, 1.165) is 0 Å². The van der Waals surface area contributed by atoms with Gasteiger partial charge < -0.3 is 15.6 Å². The van der Waals surface area contributed by atoms with Crippen LogP contribution in [0.15, 0.2) is 28.8 Å². The molecule has 6 nitrogen and oxygen atoms in total. The molecule has 8 heteroatoms. The fourth-order valence-electron chi connectivity index (χ4n) is 1.80. The summed E-state index contributed by atoms with van der Waals surface area (Å²) >= 11 is 0. The third-order valence-corrected chi connectivity index (χ3v) is 3.46. The summed E-state index contributed by atoms with van der Waals surface area (Å²) in [5, 5.41) is 6.57. The summed E-state index contributed by atoms with van der Waals surface area (Å²) in [5.74, 6) is -0.364. The van der Waals surface area contributed by atoms with Gasteiger partial charge in [0.05, 0.1) is 0 Å². The third-order valence-electron chi connectivity index (χ3n) is 3.46. The summed E-state index contributed by atoms with van der Waals surface area (Å²) in [7, 11) is 0. The highest BCUT2D eigenvalue weighted by atomic mass is 35.5. The van der Waals surface area contributed by atoms with E-state index in [4.69, 9.17) is 10.3 Å². The SMILES string of the molecule is CC(NC(=O)C(C)C(C)N)c1nc(-c2cccc(F)c2)no1.Cl. The predicted molar refractivity (Wildman–Crippen MR) is 86.3 cm³/mol. The zero-order valence-electron chi connectivity index (χ0n) is 13.1. The minimum atomic E-state index is -0.455. The molecule has 0 bridgehead atoms. The Labute approximate surface area is 140 Å². The molecule has 1 amide bonds. The van der Waals surface area contributed by atoms with E-state index in [9.17, 15) is 9.18 Å². The maximum absolute atomic E-state index is 13.2. The molecule has 23 heavy (non-hydrogen) atoms. The molecule has 0 aliphatic heterocycles. The van der Waals surface area contributed by atoms with Crippen molar-refractivity contribution in [3.63, 3.8) is 0 Å². The normalized spacial score (nSPS) is 14.5. The Balaban J connectivity index is 0.00000264. The summed E-state index contributed by atoms with van der Waals surface area (Å²) < 4.78 is 18.3. The van der Waals surface area contributed by atoms with Gasteiger partial charge in [-0.25, -0.2) is 4.39 Å². The van der Waals surface area contributed by atoms with E-state index in [1.807, 2.05) is 0 Å². The molecule has 2 aromatic rings. The molecule has 126 valence electrons. The van der Waals surface area contributed by atoms with Gasteiger partial charge in [0.25, 0.3) is 0 Å². The van der Waals surface area contributed by atoms with Crippen LogP contribution >= 0.6 is 12.4 Å². The molecule has 2 rings (SSSR count). The lowest BCUT2D eigenvalue weighted by Crippen LogP contribution is -2.39. The highest BCUT2D eigenvalue weighted by molar-refractivity contribution is 5.85. The van der Waals surface area contributed by atoms with Gasteiger partial charge in [0.15, 0.2) is 0 Å². The van der Waals surface area contributed by atoms with Crippen molar-refractivity contribution in [1.29, 1.82) is 0 Å². The van der Waals surface area contributed by atoms with Crippen molar-refractivity contribution >= 4 is 18.3 Å². The van der Waals surface area contributed by atoms with Gasteiger partial charge in [-0.2, -0.15) is 4.98 Å². The summed E-state index contributed by atoms with van der Waals surface area (Å²) in [6.07, 6.45) is 0. The van der Waals surface area contributed by atoms with Gasteiger partial charge in [0, 0.05) is 17.5 Å². The highest BCUT2D eigenvalue weighted by Gasteiger charge is 2.22. The number of nitrogens with two attached hydrogens (primary N) is 1. The van der Waals surface area contributed by atoms with Crippen molar-refractivity contribution in [2.45, 2.75) is 32.9 Å². The first kappa shape index (κ1) is 19.1. The van der Waals surface area contributed by atoms with Gasteiger partial charge in [-0.15, -0.1) is 12.4 Å². The number of aromatic nitrogens is 2. The van der Waals surface area contributed by atoms with Gasteiger partial charge in [-0.1, -0.05) is 24.2 Å². The van der Waals surface area contributed by atoms with Crippen LogP contribution < -0.4 is 11.1 Å². The number of carbonyl (C=O) groups is 1. The van der Waals surface area contributed by atoms with E-state index in [1.165, 1.54) is 12.1 Å². The van der Waals surface area contributed by atoms with Crippen LogP contribution in [0.3, 0.4) is 0 Å². The Bertz CT molecular complexity index is 662. The minimum Gasteiger partial charge on any atom is -0.344 e. The van der Waals surface area contributed by atoms with E-state index in [0.29, 0.717) is 5.56 Å². The summed E-state index contributed by atoms with van der Waals surface area (Å²) in [6.45, 7) is 5.25. The lowest BCUT2D eigenvalue weighted by molar-refractivity contribution is -0.125. The Kier molecular flexibility index (Phi) is 6.65. The van der Waals surface area contributed by atoms with E-state index in [1.54, 1.807) is 32.9 Å². The second-order valence-electron chi connectivity index (χ2n) is 5.34. The lowest BCUT2D eigenvalue weighted by Gasteiger charge is -2.17. The number of nitrogens with zero attached hydrogens (tertiary/aromatic N) is 2. The fraction of sp³-hybridized carbons (Fsp3) is 0.400. The number of amides is 1. The third kappa shape index (κ3) is 4.74. The number of hydrogen-bond donors (Lipinski definition) is 2. The van der Waals surface area contributed by atoms with E-state index in [-0.39, 0.29) is 47.8 Å². The summed E-state index contributed by atoms with van der Waals surface area (Å²) in [6, 6.07) is 5.19. The maximum Gasteiger partial charge on any atom is 0.249 e. The van der Waals surface area contributed by atoms with Crippen LogP contribution in [-0.4, -0.2) is 22.1 Å². The van der Waals surface area contributed by atoms with Crippen molar-refractivity contribution in [1.82, 2.24) is 15.5 Å². The second-order valence-corrected chi connectivity index (χ2v) is 5.34. The van der Waals surface area contributed by atoms with Crippen LogP contribution in [-0.2, 0) is 4.79 Å². The molecule has 1 aromatic heterocycles. The van der Waals surface area contributed by atoms with Crippen molar-refractivity contribution in [3.8, 4) is 11.4 Å². The van der Waals surface area contributed by atoms with E-state index < -0.39 is 6.04 Å². The van der Waals surface area contributed by atoms with E-state index >= 15 is 0 Å². The Morgan fingerprint density at radius 2 is 2.04 bits per heavy atom. The maximum atomic E-state index is 13.2. The average molecular weight is 343 g/mol. The van der Waals surface area contributed by atoms with Gasteiger partial charge in [0.1, 0.15) is 11.9 Å². The zero-order chi connectivity index (χ0) is 16.3. The van der Waals surface area contributed by atoms with Gasteiger partial charge in [-0.05, 0) is 26.0 Å². The summed E-state index contributed by atoms with van der Waals surface area (Å²) in [4.78, 5) is 16.1. The lowest BCUT2D eigenvalue weighted by atomic mass is 10.0. The second kappa shape index (κ2) is 8.03. The molecule has 0 radical (unpaired) electrons. The molecule has 3 unspecified atom stereocenters. The van der Waals surface area contributed by atoms with Crippen LogP contribution in [0.5, 0.6) is 0 Å². The van der Waals surface area contributed by atoms with Gasteiger partial charge >= 0.3 is 0 Å². The number of benzene rings is 1. The van der Waals surface area contributed by atoms with E-state index in [2.05, 4.69) is 15.5 Å². The Morgan fingerprint density at radius 1 is 1.35 bits per heavy atom. The molecular weight excluding hydrogens is 323 g/mol. The van der Waals surface area contributed by atoms with Crippen LogP contribution in [0.1, 0.15) is 32.7 Å². The number of nitrogens with one attached hydrogen (secondary N) is 1. The Morgan fingerprint density at radius 3 is 2.65 bits per heavy atom. The molecule has 1 heterocycles. The van der Waals surface area contributed by atoms with Crippen molar-refractivity contribution < 1.29 is 13.7 Å². The van der Waals surface area contributed by atoms with Crippen molar-refractivity contribution in [2.24, 2.45) is 11.7 Å². The monoisotopic (exact) mass is 342 g/mol. The van der Waals surface area contributed by atoms with Crippen LogP contribution in [0.25, 0.3) is 11.4 Å². The first-order valence-electron chi connectivity index (χ1n) is 7.04. The van der Waals surface area contributed by atoms with Crippen molar-refractivity contribution in [2.75, 3.05) is 0 Å². The van der Waals surface area contributed by atoms with Gasteiger partial charge in [-0.3, -0.25) is 4.79 Å². The first-order valence-corrected chi connectivity index (χ1v) is 7.04. The van der Waals surface area contributed by atoms with Crippen molar-refractivity contribution in [3.05, 3.63) is 36.0 Å². The fourth-order valence-corrected chi connectivity index (χ4v) is 1.80. The molecule has 3 N–H and O–H groups in total. The minimum absolute atomic E-state index is 0. The molecule has 0 saturated heterocycles. The molecule has 0 aliphatic rings. The quantitative estimate of drug-likeness (QED) is 0.870. The predicted octanol–water partition coefficient (Wildman–Crippen LogP) is 2.46. The molecule has 1 aromatic carbocycles. The van der Waals surface area contributed by atoms with Crippen LogP contribution in [0, 0.1) is 11.7 Å². The molecule has 3 atom stereocenters. The number of rotatable bonds is 5. The molecule has 0 fully saturated rings. The smallest absolute Gasteiger partial charge is 0.249 e. The molecular formula is C15H20ClFN4O2. The molecule has 0 aliphatic carbocycles. The van der Waals surface area contributed by atoms with Gasteiger partial charge in [0.2, 0.25) is 17.6 Å². The Hall–Kier alpha value is -1.99. The van der Waals surface area contributed by atoms with Crippen LogP contribution in [0.2, 0.25) is 0 Å². The molecule has 0 saturated carbocycles. The van der Waals surface area contributed by atoms with Crippen LogP contribution in [0.4, 0.5) is 4.39 Å². The largest absolute Gasteiger partial charge is 0.344 e.